The van der Waals surface area contributed by atoms with Gasteiger partial charge in [0.1, 0.15) is 17.7 Å². The largest absolute Gasteiger partial charge is 0.393 e. The maximum absolute atomic E-state index is 12.0. The smallest absolute Gasteiger partial charge is 0.288 e. The predicted octanol–water partition coefficient (Wildman–Crippen LogP) is 2.48. The third-order valence-corrected chi connectivity index (χ3v) is 3.85. The number of carbonyl (C=O) groups excluding carboxylic acids is 1. The molecule has 2 aromatic heterocycles. The van der Waals surface area contributed by atoms with Crippen molar-refractivity contribution in [3.8, 4) is 0 Å². The van der Waals surface area contributed by atoms with Crippen molar-refractivity contribution in [1.82, 2.24) is 20.4 Å². The Kier molecular flexibility index (Phi) is 5.45. The Morgan fingerprint density at radius 3 is 2.58 bits per heavy atom. The number of amides is 1. The molecule has 26 heavy (non-hydrogen) atoms. The third kappa shape index (κ3) is 4.17. The van der Waals surface area contributed by atoms with E-state index in [0.29, 0.717) is 17.4 Å². The number of aromatic nitrogens is 3. The summed E-state index contributed by atoms with van der Waals surface area (Å²) in [5, 5.41) is 3.75. The van der Waals surface area contributed by atoms with Crippen LogP contribution in [0.1, 0.15) is 16.1 Å². The van der Waals surface area contributed by atoms with Gasteiger partial charge in [-0.3, -0.25) is 20.6 Å². The fraction of sp³-hybridized carbons (Fsp3) is 0.0588. The van der Waals surface area contributed by atoms with Gasteiger partial charge in [0, 0.05) is 17.8 Å². The van der Waals surface area contributed by atoms with E-state index >= 15 is 0 Å². The summed E-state index contributed by atoms with van der Waals surface area (Å²) < 4.78 is 0. The second-order valence-electron chi connectivity index (χ2n) is 5.22. The fourth-order valence-corrected chi connectivity index (χ4v) is 2.34. The highest BCUT2D eigenvalue weighted by atomic mass is 35.5. The van der Waals surface area contributed by atoms with Gasteiger partial charge >= 0.3 is 0 Å². The summed E-state index contributed by atoms with van der Waals surface area (Å²) in [7, 11) is 0. The molecule has 0 fully saturated rings. The van der Waals surface area contributed by atoms with Crippen molar-refractivity contribution >= 4 is 34.8 Å². The van der Waals surface area contributed by atoms with Crippen LogP contribution in [0.4, 0.5) is 17.3 Å². The number of nitrogens with two attached hydrogens (primary N) is 1. The Morgan fingerprint density at radius 2 is 1.81 bits per heavy atom. The van der Waals surface area contributed by atoms with Gasteiger partial charge in [-0.1, -0.05) is 35.9 Å². The zero-order chi connectivity index (χ0) is 18.4. The summed E-state index contributed by atoms with van der Waals surface area (Å²) in [4.78, 5) is 24.1. The molecule has 0 radical (unpaired) electrons. The standard InChI is InChI=1S/C17H16ClN7O/c18-12-6-2-1-5-11(12)9-21-15-14(19)16(23-10-22-15)24-25-17(26)13-7-3-4-8-20-13/h1-8,10H,9,19H2,(H,25,26)(H2,21,22,23,24). The third-order valence-electron chi connectivity index (χ3n) is 3.48. The Balaban J connectivity index is 1.65. The molecule has 2 heterocycles. The number of hydrogen-bond donors (Lipinski definition) is 4. The van der Waals surface area contributed by atoms with E-state index in [4.69, 9.17) is 17.3 Å². The molecule has 0 aliphatic heterocycles. The number of anilines is 3. The topological polar surface area (TPSA) is 118 Å². The van der Waals surface area contributed by atoms with Crippen molar-refractivity contribution in [3.63, 3.8) is 0 Å². The number of hydrazine groups is 1. The van der Waals surface area contributed by atoms with Crippen LogP contribution in [0.3, 0.4) is 0 Å². The highest BCUT2D eigenvalue weighted by Crippen LogP contribution is 2.23. The van der Waals surface area contributed by atoms with Crippen LogP contribution in [0.5, 0.6) is 0 Å². The first-order valence-electron chi connectivity index (χ1n) is 7.70. The number of pyridine rings is 1. The number of benzene rings is 1. The Hall–Kier alpha value is -3.39. The molecule has 0 unspecified atom stereocenters. The summed E-state index contributed by atoms with van der Waals surface area (Å²) in [6, 6.07) is 12.5. The van der Waals surface area contributed by atoms with Gasteiger partial charge in [0.25, 0.3) is 5.91 Å². The van der Waals surface area contributed by atoms with Gasteiger partial charge < -0.3 is 11.1 Å². The van der Waals surface area contributed by atoms with E-state index in [-0.39, 0.29) is 17.2 Å². The lowest BCUT2D eigenvalue weighted by atomic mass is 10.2. The molecule has 0 saturated carbocycles. The van der Waals surface area contributed by atoms with Crippen LogP contribution >= 0.6 is 11.6 Å². The fourth-order valence-electron chi connectivity index (χ4n) is 2.13. The van der Waals surface area contributed by atoms with Crippen LogP contribution in [0.15, 0.2) is 55.0 Å². The first-order valence-corrected chi connectivity index (χ1v) is 8.08. The summed E-state index contributed by atoms with van der Waals surface area (Å²) in [5.41, 5.74) is 12.7. The molecule has 1 aromatic carbocycles. The minimum absolute atomic E-state index is 0.265. The van der Waals surface area contributed by atoms with E-state index in [1.165, 1.54) is 12.5 Å². The summed E-state index contributed by atoms with van der Waals surface area (Å²) in [6.07, 6.45) is 2.87. The minimum Gasteiger partial charge on any atom is -0.393 e. The highest BCUT2D eigenvalue weighted by molar-refractivity contribution is 6.31. The Labute approximate surface area is 154 Å². The lowest BCUT2D eigenvalue weighted by molar-refractivity contribution is 0.0957. The second-order valence-corrected chi connectivity index (χ2v) is 5.63. The van der Waals surface area contributed by atoms with Crippen LogP contribution in [0, 0.1) is 0 Å². The van der Waals surface area contributed by atoms with E-state index < -0.39 is 5.91 Å². The lowest BCUT2D eigenvalue weighted by Gasteiger charge is -2.13. The number of halogens is 1. The number of rotatable bonds is 6. The average Bonchev–Trinajstić information content (AvgIpc) is 2.68. The Morgan fingerprint density at radius 1 is 1.04 bits per heavy atom. The van der Waals surface area contributed by atoms with Crippen LogP contribution in [0.2, 0.25) is 5.02 Å². The summed E-state index contributed by atoms with van der Waals surface area (Å²) in [5.74, 6) is 0.287. The van der Waals surface area contributed by atoms with Gasteiger partial charge in [0.05, 0.1) is 0 Å². The molecule has 5 N–H and O–H groups in total. The van der Waals surface area contributed by atoms with E-state index in [0.717, 1.165) is 5.56 Å². The minimum atomic E-state index is -0.408. The second kappa shape index (κ2) is 8.13. The molecule has 3 aromatic rings. The summed E-state index contributed by atoms with van der Waals surface area (Å²) >= 11 is 6.13. The van der Waals surface area contributed by atoms with Crippen molar-refractivity contribution in [2.75, 3.05) is 16.5 Å². The molecule has 8 nitrogen and oxygen atoms in total. The van der Waals surface area contributed by atoms with Gasteiger partial charge in [-0.2, -0.15) is 0 Å². The van der Waals surface area contributed by atoms with E-state index in [2.05, 4.69) is 31.1 Å². The maximum Gasteiger partial charge on any atom is 0.288 e. The van der Waals surface area contributed by atoms with Gasteiger partial charge in [0.15, 0.2) is 11.6 Å². The van der Waals surface area contributed by atoms with Crippen molar-refractivity contribution < 1.29 is 4.79 Å². The van der Waals surface area contributed by atoms with Crippen LogP contribution in [0.25, 0.3) is 0 Å². The van der Waals surface area contributed by atoms with Gasteiger partial charge in [0.2, 0.25) is 0 Å². The SMILES string of the molecule is Nc1c(NCc2ccccc2Cl)ncnc1NNC(=O)c1ccccn1. The predicted molar refractivity (Wildman–Crippen MR) is 101 cm³/mol. The number of nitrogen functional groups attached to an aromatic ring is 1. The van der Waals surface area contributed by atoms with Gasteiger partial charge in [-0.15, -0.1) is 0 Å². The molecular weight excluding hydrogens is 354 g/mol. The summed E-state index contributed by atoms with van der Waals surface area (Å²) in [6.45, 7) is 0.445. The molecule has 0 atom stereocenters. The molecule has 0 bridgehead atoms. The molecule has 9 heteroatoms. The van der Waals surface area contributed by atoms with E-state index in [1.54, 1.807) is 18.2 Å². The Bertz CT molecular complexity index is 905. The van der Waals surface area contributed by atoms with Crippen LogP contribution in [-0.4, -0.2) is 20.9 Å². The van der Waals surface area contributed by atoms with Crippen molar-refractivity contribution in [2.45, 2.75) is 6.54 Å². The molecular formula is C17H16ClN7O. The van der Waals surface area contributed by atoms with E-state index in [1.807, 2.05) is 24.3 Å². The number of hydrogen-bond acceptors (Lipinski definition) is 7. The first kappa shape index (κ1) is 17.4. The highest BCUT2D eigenvalue weighted by Gasteiger charge is 2.11. The maximum atomic E-state index is 12.0. The first-order chi connectivity index (χ1) is 12.6. The van der Waals surface area contributed by atoms with Crippen molar-refractivity contribution in [1.29, 1.82) is 0 Å². The molecule has 3 rings (SSSR count). The van der Waals surface area contributed by atoms with Gasteiger partial charge in [-0.05, 0) is 23.8 Å². The lowest BCUT2D eigenvalue weighted by Crippen LogP contribution is -2.31. The number of nitrogens with one attached hydrogen (secondary N) is 3. The van der Waals surface area contributed by atoms with Crippen molar-refractivity contribution in [3.05, 3.63) is 71.3 Å². The quantitative estimate of drug-likeness (QED) is 0.493. The normalized spacial score (nSPS) is 10.2. The van der Waals surface area contributed by atoms with Gasteiger partial charge in [-0.25, -0.2) is 9.97 Å². The molecule has 132 valence electrons. The zero-order valence-corrected chi connectivity index (χ0v) is 14.4. The molecule has 0 spiro atoms. The average molecular weight is 370 g/mol. The molecule has 0 aliphatic carbocycles. The van der Waals surface area contributed by atoms with Crippen LogP contribution < -0.4 is 21.9 Å². The van der Waals surface area contributed by atoms with Crippen molar-refractivity contribution in [2.24, 2.45) is 0 Å². The molecule has 0 saturated heterocycles. The number of carbonyl (C=O) groups is 1. The number of nitrogens with zero attached hydrogens (tertiary/aromatic N) is 3. The molecule has 0 aliphatic rings. The monoisotopic (exact) mass is 369 g/mol. The zero-order valence-electron chi connectivity index (χ0n) is 13.6. The van der Waals surface area contributed by atoms with E-state index in [9.17, 15) is 4.79 Å². The molecule has 1 amide bonds. The van der Waals surface area contributed by atoms with Crippen LogP contribution in [-0.2, 0) is 6.54 Å².